The Hall–Kier alpha value is -2.54. The highest BCUT2D eigenvalue weighted by Gasteiger charge is 2.15. The van der Waals surface area contributed by atoms with Gasteiger partial charge in [-0.05, 0) is 31.0 Å². The van der Waals surface area contributed by atoms with E-state index >= 15 is 0 Å². The minimum Gasteiger partial charge on any atom is -0.508 e. The van der Waals surface area contributed by atoms with Crippen molar-refractivity contribution in [3.8, 4) is 23.8 Å². The van der Waals surface area contributed by atoms with E-state index in [1.54, 1.807) is 0 Å². The van der Waals surface area contributed by atoms with Gasteiger partial charge in [0.2, 0.25) is 5.78 Å². The van der Waals surface area contributed by atoms with Crippen LogP contribution in [0.5, 0.6) is 11.5 Å². The van der Waals surface area contributed by atoms with Crippen LogP contribution in [0, 0.1) is 12.3 Å². The maximum absolute atomic E-state index is 11.4. The molecule has 0 aromatic heterocycles. The molecule has 0 aliphatic carbocycles. The van der Waals surface area contributed by atoms with Crippen LogP contribution in [-0.2, 0) is 4.79 Å². The molecule has 1 rings (SSSR count). The van der Waals surface area contributed by atoms with Crippen molar-refractivity contribution in [2.24, 2.45) is 0 Å². The number of terminal acetylenes is 1. The molecular formula is C13H10O4. The topological polar surface area (TPSA) is 63.6 Å². The number of phenolic OH excluding ortho intramolecular Hbond substituents is 1. The Balaban J connectivity index is 3.16. The SMILES string of the molecule is C#CC(=O)c1cc(O)ccc1OC(=O)C(=C)C. The summed E-state index contributed by atoms with van der Waals surface area (Å²) >= 11 is 0. The van der Waals surface area contributed by atoms with Crippen LogP contribution in [0.1, 0.15) is 17.3 Å². The molecule has 0 saturated carbocycles. The van der Waals surface area contributed by atoms with E-state index in [4.69, 9.17) is 11.2 Å². The molecule has 0 unspecified atom stereocenters. The summed E-state index contributed by atoms with van der Waals surface area (Å²) in [6.07, 6.45) is 4.97. The molecule has 4 nitrogen and oxygen atoms in total. The van der Waals surface area contributed by atoms with Crippen LogP contribution in [0.3, 0.4) is 0 Å². The molecule has 17 heavy (non-hydrogen) atoms. The summed E-state index contributed by atoms with van der Waals surface area (Å²) < 4.78 is 4.92. The van der Waals surface area contributed by atoms with Crippen LogP contribution in [0.2, 0.25) is 0 Å². The number of esters is 1. The number of aromatic hydroxyl groups is 1. The Morgan fingerprint density at radius 2 is 2.12 bits per heavy atom. The van der Waals surface area contributed by atoms with E-state index in [0.717, 1.165) is 6.07 Å². The van der Waals surface area contributed by atoms with E-state index in [9.17, 15) is 14.7 Å². The van der Waals surface area contributed by atoms with Crippen molar-refractivity contribution >= 4 is 11.8 Å². The van der Waals surface area contributed by atoms with Gasteiger partial charge in [-0.15, -0.1) is 6.42 Å². The molecule has 86 valence electrons. The van der Waals surface area contributed by atoms with Gasteiger partial charge in [0.25, 0.3) is 0 Å². The van der Waals surface area contributed by atoms with Gasteiger partial charge in [0.1, 0.15) is 11.5 Å². The van der Waals surface area contributed by atoms with Gasteiger partial charge in [-0.2, -0.15) is 0 Å². The lowest BCUT2D eigenvalue weighted by molar-refractivity contribution is -0.130. The Kier molecular flexibility index (Phi) is 3.68. The zero-order valence-corrected chi connectivity index (χ0v) is 9.19. The average Bonchev–Trinajstić information content (AvgIpc) is 2.30. The highest BCUT2D eigenvalue weighted by molar-refractivity contribution is 6.11. The number of phenols is 1. The Morgan fingerprint density at radius 3 is 2.65 bits per heavy atom. The summed E-state index contributed by atoms with van der Waals surface area (Å²) in [5.74, 6) is 0.406. The van der Waals surface area contributed by atoms with Gasteiger partial charge in [-0.3, -0.25) is 4.79 Å². The van der Waals surface area contributed by atoms with Gasteiger partial charge in [0, 0.05) is 5.57 Å². The molecule has 1 N–H and O–H groups in total. The summed E-state index contributed by atoms with van der Waals surface area (Å²) in [6, 6.07) is 3.72. The summed E-state index contributed by atoms with van der Waals surface area (Å²) in [5, 5.41) is 9.25. The third-order valence-electron chi connectivity index (χ3n) is 1.89. The fourth-order valence-electron chi connectivity index (χ4n) is 1.05. The highest BCUT2D eigenvalue weighted by Crippen LogP contribution is 2.24. The van der Waals surface area contributed by atoms with Crippen molar-refractivity contribution in [2.45, 2.75) is 6.92 Å². The minimum atomic E-state index is -0.676. The maximum Gasteiger partial charge on any atom is 0.338 e. The van der Waals surface area contributed by atoms with Crippen molar-refractivity contribution < 1.29 is 19.4 Å². The first-order valence-electron chi connectivity index (χ1n) is 4.67. The fourth-order valence-corrected chi connectivity index (χ4v) is 1.05. The number of carbonyl (C=O) groups excluding carboxylic acids is 2. The van der Waals surface area contributed by atoms with Gasteiger partial charge in [0.15, 0.2) is 0 Å². The second kappa shape index (κ2) is 4.99. The number of ether oxygens (including phenoxy) is 1. The largest absolute Gasteiger partial charge is 0.508 e. The van der Waals surface area contributed by atoms with Crippen LogP contribution in [-0.4, -0.2) is 16.9 Å². The van der Waals surface area contributed by atoms with E-state index in [0.29, 0.717) is 0 Å². The molecule has 0 aliphatic rings. The predicted molar refractivity (Wildman–Crippen MR) is 61.7 cm³/mol. The Labute approximate surface area is 98.5 Å². The smallest absolute Gasteiger partial charge is 0.338 e. The second-order valence-electron chi connectivity index (χ2n) is 3.32. The van der Waals surface area contributed by atoms with Crippen molar-refractivity contribution in [1.82, 2.24) is 0 Å². The number of rotatable bonds is 3. The number of carbonyl (C=O) groups is 2. The van der Waals surface area contributed by atoms with E-state index < -0.39 is 11.8 Å². The molecule has 4 heteroatoms. The van der Waals surface area contributed by atoms with Crippen molar-refractivity contribution in [2.75, 3.05) is 0 Å². The number of Topliss-reactive ketones (excluding diaryl/α,β-unsaturated/α-hetero) is 1. The maximum atomic E-state index is 11.4. The minimum absolute atomic E-state index is 0.00116. The third kappa shape index (κ3) is 2.95. The van der Waals surface area contributed by atoms with Crippen LogP contribution >= 0.6 is 0 Å². The molecule has 0 radical (unpaired) electrons. The van der Waals surface area contributed by atoms with Gasteiger partial charge in [0.05, 0.1) is 5.56 Å². The zero-order valence-electron chi connectivity index (χ0n) is 9.19. The van der Waals surface area contributed by atoms with Crippen LogP contribution in [0.15, 0.2) is 30.4 Å². The highest BCUT2D eigenvalue weighted by atomic mass is 16.5. The van der Waals surface area contributed by atoms with Gasteiger partial charge < -0.3 is 9.84 Å². The Bertz CT molecular complexity index is 535. The monoisotopic (exact) mass is 230 g/mol. The molecule has 1 aromatic carbocycles. The van der Waals surface area contributed by atoms with E-state index in [2.05, 4.69) is 6.58 Å². The molecule has 0 amide bonds. The molecule has 0 heterocycles. The Morgan fingerprint density at radius 1 is 1.47 bits per heavy atom. The lowest BCUT2D eigenvalue weighted by Crippen LogP contribution is -2.11. The molecule has 0 atom stereocenters. The average molecular weight is 230 g/mol. The van der Waals surface area contributed by atoms with Crippen LogP contribution in [0.25, 0.3) is 0 Å². The van der Waals surface area contributed by atoms with E-state index in [1.807, 2.05) is 5.92 Å². The number of ketones is 1. The van der Waals surface area contributed by atoms with E-state index in [1.165, 1.54) is 19.1 Å². The summed E-state index contributed by atoms with van der Waals surface area (Å²) in [7, 11) is 0. The second-order valence-corrected chi connectivity index (χ2v) is 3.32. The summed E-state index contributed by atoms with van der Waals surface area (Å²) in [5.41, 5.74) is 0.152. The molecule has 0 fully saturated rings. The fraction of sp³-hybridized carbons (Fsp3) is 0.0769. The van der Waals surface area contributed by atoms with Crippen molar-refractivity contribution in [3.05, 3.63) is 35.9 Å². The summed E-state index contributed by atoms with van der Waals surface area (Å²) in [4.78, 5) is 22.7. The number of hydrogen-bond donors (Lipinski definition) is 1. The first kappa shape index (κ1) is 12.5. The van der Waals surface area contributed by atoms with Crippen LogP contribution < -0.4 is 4.74 Å². The first-order valence-corrected chi connectivity index (χ1v) is 4.67. The number of hydrogen-bond acceptors (Lipinski definition) is 4. The van der Waals surface area contributed by atoms with Gasteiger partial charge >= 0.3 is 5.97 Å². The molecule has 0 saturated heterocycles. The molecule has 0 spiro atoms. The summed E-state index contributed by atoms with van der Waals surface area (Å²) in [6.45, 7) is 4.89. The first-order chi connectivity index (χ1) is 7.95. The third-order valence-corrected chi connectivity index (χ3v) is 1.89. The quantitative estimate of drug-likeness (QED) is 0.214. The standard InChI is InChI=1S/C13H10O4/c1-4-11(15)10-7-9(14)5-6-12(10)17-13(16)8(2)3/h1,5-7,14H,2H2,3H3. The predicted octanol–water partition coefficient (Wildman–Crippen LogP) is 1.69. The van der Waals surface area contributed by atoms with Gasteiger partial charge in [-0.1, -0.05) is 6.58 Å². The van der Waals surface area contributed by atoms with Crippen molar-refractivity contribution in [1.29, 1.82) is 0 Å². The molecular weight excluding hydrogens is 220 g/mol. The molecule has 1 aromatic rings. The van der Waals surface area contributed by atoms with Crippen LogP contribution in [0.4, 0.5) is 0 Å². The van der Waals surface area contributed by atoms with E-state index in [-0.39, 0.29) is 22.6 Å². The lowest BCUT2D eigenvalue weighted by Gasteiger charge is -2.07. The normalized spacial score (nSPS) is 9.18. The molecule has 0 bridgehead atoms. The van der Waals surface area contributed by atoms with Crippen molar-refractivity contribution in [3.63, 3.8) is 0 Å². The molecule has 0 aliphatic heterocycles. The lowest BCUT2D eigenvalue weighted by atomic mass is 10.1. The van der Waals surface area contributed by atoms with Gasteiger partial charge in [-0.25, -0.2) is 4.79 Å². The zero-order chi connectivity index (χ0) is 13.0. The number of benzene rings is 1.